The average Bonchev–Trinajstić information content (AvgIpc) is 3.24. The summed E-state index contributed by atoms with van der Waals surface area (Å²) in [6.07, 6.45) is 0.558. The van der Waals surface area contributed by atoms with E-state index in [-0.39, 0.29) is 12.7 Å². The molecule has 0 aromatic carbocycles. The maximum atomic E-state index is 11.6. The van der Waals surface area contributed by atoms with Gasteiger partial charge in [0.2, 0.25) is 0 Å². The first-order chi connectivity index (χ1) is 9.35. The Balaban J connectivity index is 2.13. The second-order valence-electron chi connectivity index (χ2n) is 5.11. The van der Waals surface area contributed by atoms with Crippen molar-refractivity contribution in [3.05, 3.63) is 0 Å². The molecule has 7 heteroatoms. The smallest absolute Gasteiger partial charge is 0.344 e. The molecule has 0 bridgehead atoms. The maximum Gasteiger partial charge on any atom is 0.344 e. The molecule has 1 saturated heterocycles. The number of hydrogen-bond donors (Lipinski definition) is 0. The Bertz CT molecular complexity index is 371. The summed E-state index contributed by atoms with van der Waals surface area (Å²) in [5.41, 5.74) is -0.649. The number of carbonyl (C=O) groups excluding carboxylic acids is 3. The molecule has 1 rings (SSSR count). The van der Waals surface area contributed by atoms with Crippen molar-refractivity contribution in [3.8, 4) is 0 Å². The molecule has 0 aromatic rings. The van der Waals surface area contributed by atoms with Crippen LogP contribution in [0.3, 0.4) is 0 Å². The van der Waals surface area contributed by atoms with E-state index in [4.69, 9.17) is 14.2 Å². The minimum absolute atomic E-state index is 0.0353. The van der Waals surface area contributed by atoms with Gasteiger partial charge < -0.3 is 18.9 Å². The standard InChI is InChI=1S/C13H20O7/c1-4-13(2,3)12(16)20-8-11(15)19-7-10(14)18-6-9-5-17-9/h9H,4-8H2,1-3H3. The van der Waals surface area contributed by atoms with Gasteiger partial charge in [-0.2, -0.15) is 0 Å². The lowest BCUT2D eigenvalue weighted by atomic mass is 9.91. The molecular formula is C13H20O7. The molecule has 0 N–H and O–H groups in total. The monoisotopic (exact) mass is 288 g/mol. The van der Waals surface area contributed by atoms with Crippen LogP contribution in [0.5, 0.6) is 0 Å². The highest BCUT2D eigenvalue weighted by molar-refractivity contribution is 5.81. The predicted octanol–water partition coefficient (Wildman–Crippen LogP) is 0.451. The van der Waals surface area contributed by atoms with E-state index in [2.05, 4.69) is 4.74 Å². The van der Waals surface area contributed by atoms with E-state index in [0.29, 0.717) is 13.0 Å². The number of carbonyl (C=O) groups is 3. The summed E-state index contributed by atoms with van der Waals surface area (Å²) in [5, 5.41) is 0. The fourth-order valence-electron chi connectivity index (χ4n) is 1.04. The Morgan fingerprint density at radius 1 is 1.10 bits per heavy atom. The van der Waals surface area contributed by atoms with Crippen molar-refractivity contribution in [1.82, 2.24) is 0 Å². The zero-order chi connectivity index (χ0) is 15.2. The van der Waals surface area contributed by atoms with E-state index in [0.717, 1.165) is 0 Å². The van der Waals surface area contributed by atoms with Gasteiger partial charge in [-0.15, -0.1) is 0 Å². The quantitative estimate of drug-likeness (QED) is 0.364. The largest absolute Gasteiger partial charge is 0.460 e. The Morgan fingerprint density at radius 2 is 1.65 bits per heavy atom. The van der Waals surface area contributed by atoms with E-state index in [9.17, 15) is 14.4 Å². The molecule has 114 valence electrons. The SMILES string of the molecule is CCC(C)(C)C(=O)OCC(=O)OCC(=O)OCC1CO1. The fourth-order valence-corrected chi connectivity index (χ4v) is 1.04. The van der Waals surface area contributed by atoms with Crippen molar-refractivity contribution < 1.29 is 33.3 Å². The normalized spacial score (nSPS) is 17.2. The van der Waals surface area contributed by atoms with Crippen LogP contribution in [0, 0.1) is 5.41 Å². The van der Waals surface area contributed by atoms with Crippen LogP contribution < -0.4 is 0 Å². The minimum atomic E-state index is -0.787. The third-order valence-electron chi connectivity index (χ3n) is 2.94. The minimum Gasteiger partial charge on any atom is -0.460 e. The van der Waals surface area contributed by atoms with Crippen LogP contribution in [0.1, 0.15) is 27.2 Å². The second-order valence-corrected chi connectivity index (χ2v) is 5.11. The first kappa shape index (κ1) is 16.4. The number of epoxide rings is 1. The first-order valence-electron chi connectivity index (χ1n) is 6.45. The van der Waals surface area contributed by atoms with Gasteiger partial charge in [0.1, 0.15) is 12.7 Å². The summed E-state index contributed by atoms with van der Waals surface area (Å²) in [7, 11) is 0. The number of rotatable bonds is 8. The van der Waals surface area contributed by atoms with Gasteiger partial charge in [0.15, 0.2) is 13.2 Å². The van der Waals surface area contributed by atoms with Crippen LogP contribution in [0.2, 0.25) is 0 Å². The molecule has 0 aliphatic carbocycles. The van der Waals surface area contributed by atoms with Crippen molar-refractivity contribution in [2.24, 2.45) is 5.41 Å². The zero-order valence-electron chi connectivity index (χ0n) is 12.0. The molecular weight excluding hydrogens is 268 g/mol. The topological polar surface area (TPSA) is 91.4 Å². The highest BCUT2D eigenvalue weighted by Crippen LogP contribution is 2.21. The third kappa shape index (κ3) is 6.01. The molecule has 1 fully saturated rings. The maximum absolute atomic E-state index is 11.6. The van der Waals surface area contributed by atoms with Crippen molar-refractivity contribution in [2.75, 3.05) is 26.4 Å². The van der Waals surface area contributed by atoms with E-state index in [1.165, 1.54) is 0 Å². The van der Waals surface area contributed by atoms with Crippen molar-refractivity contribution in [3.63, 3.8) is 0 Å². The molecule has 7 nitrogen and oxygen atoms in total. The summed E-state index contributed by atoms with van der Waals surface area (Å²) in [6.45, 7) is 5.02. The molecule has 20 heavy (non-hydrogen) atoms. The summed E-state index contributed by atoms with van der Waals surface area (Å²) >= 11 is 0. The van der Waals surface area contributed by atoms with E-state index in [1.54, 1.807) is 13.8 Å². The van der Waals surface area contributed by atoms with Gasteiger partial charge in [0.25, 0.3) is 0 Å². The molecule has 1 atom stereocenters. The molecule has 0 radical (unpaired) electrons. The van der Waals surface area contributed by atoms with E-state index in [1.807, 2.05) is 6.92 Å². The van der Waals surface area contributed by atoms with Gasteiger partial charge >= 0.3 is 17.9 Å². The highest BCUT2D eigenvalue weighted by atomic mass is 16.6. The summed E-state index contributed by atoms with van der Waals surface area (Å²) in [6, 6.07) is 0. The predicted molar refractivity (Wildman–Crippen MR) is 66.7 cm³/mol. The van der Waals surface area contributed by atoms with Crippen LogP contribution in [-0.4, -0.2) is 50.4 Å². The van der Waals surface area contributed by atoms with Crippen molar-refractivity contribution in [2.45, 2.75) is 33.3 Å². The highest BCUT2D eigenvalue weighted by Gasteiger charge is 2.28. The molecule has 1 unspecified atom stereocenters. The van der Waals surface area contributed by atoms with Gasteiger partial charge in [-0.1, -0.05) is 6.92 Å². The van der Waals surface area contributed by atoms with Crippen LogP contribution in [0.15, 0.2) is 0 Å². The van der Waals surface area contributed by atoms with Crippen LogP contribution in [0.4, 0.5) is 0 Å². The molecule has 1 heterocycles. The fraction of sp³-hybridized carbons (Fsp3) is 0.769. The lowest BCUT2D eigenvalue weighted by Gasteiger charge is -2.19. The van der Waals surface area contributed by atoms with Gasteiger partial charge in [-0.3, -0.25) is 4.79 Å². The molecule has 0 aromatic heterocycles. The van der Waals surface area contributed by atoms with Crippen LogP contribution in [0.25, 0.3) is 0 Å². The molecule has 1 aliphatic heterocycles. The first-order valence-corrected chi connectivity index (χ1v) is 6.45. The molecule has 0 spiro atoms. The number of esters is 3. The lowest BCUT2D eigenvalue weighted by Crippen LogP contribution is -2.29. The van der Waals surface area contributed by atoms with Crippen molar-refractivity contribution >= 4 is 17.9 Å². The second kappa shape index (κ2) is 7.23. The summed E-state index contributed by atoms with van der Waals surface area (Å²) in [5.74, 6) is -1.93. The van der Waals surface area contributed by atoms with Crippen LogP contribution in [-0.2, 0) is 33.3 Å². The summed E-state index contributed by atoms with van der Waals surface area (Å²) < 4.78 is 19.1. The molecule has 0 saturated carbocycles. The van der Waals surface area contributed by atoms with E-state index < -0.39 is 36.5 Å². The Hall–Kier alpha value is -1.63. The molecule has 0 amide bonds. The van der Waals surface area contributed by atoms with Gasteiger partial charge in [-0.05, 0) is 20.3 Å². The average molecular weight is 288 g/mol. The van der Waals surface area contributed by atoms with Gasteiger partial charge in [0.05, 0.1) is 12.0 Å². The van der Waals surface area contributed by atoms with E-state index >= 15 is 0 Å². The Labute approximate surface area is 117 Å². The van der Waals surface area contributed by atoms with Crippen LogP contribution >= 0.6 is 0 Å². The summed E-state index contributed by atoms with van der Waals surface area (Å²) in [4.78, 5) is 34.0. The number of ether oxygens (including phenoxy) is 4. The lowest BCUT2D eigenvalue weighted by molar-refractivity contribution is -0.168. The third-order valence-corrected chi connectivity index (χ3v) is 2.94. The van der Waals surface area contributed by atoms with Crippen molar-refractivity contribution in [1.29, 1.82) is 0 Å². The number of hydrogen-bond acceptors (Lipinski definition) is 7. The Kier molecular flexibility index (Phi) is 5.94. The zero-order valence-corrected chi connectivity index (χ0v) is 12.0. The van der Waals surface area contributed by atoms with Gasteiger partial charge in [0, 0.05) is 0 Å². The van der Waals surface area contributed by atoms with Gasteiger partial charge in [-0.25, -0.2) is 9.59 Å². The molecule has 1 aliphatic rings. The Morgan fingerprint density at radius 3 is 2.20 bits per heavy atom.